The van der Waals surface area contributed by atoms with Crippen molar-refractivity contribution in [2.24, 2.45) is 0 Å². The van der Waals surface area contributed by atoms with E-state index < -0.39 is 41.8 Å². The molecule has 0 aliphatic carbocycles. The van der Waals surface area contributed by atoms with Crippen LogP contribution in [0.25, 0.3) is 0 Å². The van der Waals surface area contributed by atoms with Crippen molar-refractivity contribution >= 4 is 18.0 Å². The van der Waals surface area contributed by atoms with Crippen LogP contribution in [0.5, 0.6) is 0 Å². The van der Waals surface area contributed by atoms with Crippen LogP contribution in [0.4, 0.5) is 4.79 Å². The van der Waals surface area contributed by atoms with E-state index in [1.54, 1.807) is 20.8 Å². The number of nitrogens with zero attached hydrogens (tertiary/aromatic N) is 1. The van der Waals surface area contributed by atoms with Crippen molar-refractivity contribution in [3.05, 3.63) is 0 Å². The molecule has 3 atom stereocenters. The third kappa shape index (κ3) is 6.44. The fourth-order valence-electron chi connectivity index (χ4n) is 1.33. The fraction of sp³-hybridized carbons (Fsp3) is 0.769. The summed E-state index contributed by atoms with van der Waals surface area (Å²) in [5.41, 5.74) is -0.704. The van der Waals surface area contributed by atoms with Gasteiger partial charge in [0.25, 0.3) is 0 Å². The molecule has 0 rings (SSSR count). The standard InChI is InChI=1S/C13H24N2O6/c1-7(15(6)12(20)21-13(3,4)5)10(17)14-9(8(2)16)11(18)19/h7-9,16H,1-6H3,(H,14,17)(H,18,19). The van der Waals surface area contributed by atoms with Crippen molar-refractivity contribution < 1.29 is 29.3 Å². The first-order chi connectivity index (χ1) is 9.36. The molecule has 0 radical (unpaired) electrons. The summed E-state index contributed by atoms with van der Waals surface area (Å²) in [4.78, 5) is 35.7. The Balaban J connectivity index is 4.77. The molecule has 8 heteroatoms. The number of amides is 2. The molecule has 0 aromatic rings. The molecule has 0 saturated carbocycles. The van der Waals surface area contributed by atoms with Crippen molar-refractivity contribution in [1.29, 1.82) is 0 Å². The molecule has 2 amide bonds. The quantitative estimate of drug-likeness (QED) is 0.668. The minimum atomic E-state index is -1.44. The number of hydrogen-bond acceptors (Lipinski definition) is 5. The number of nitrogens with one attached hydrogen (secondary N) is 1. The molecular formula is C13H24N2O6. The third-order valence-corrected chi connectivity index (χ3v) is 2.69. The Kier molecular flexibility index (Phi) is 6.62. The maximum atomic E-state index is 11.9. The zero-order valence-electron chi connectivity index (χ0n) is 13.2. The van der Waals surface area contributed by atoms with Gasteiger partial charge in [0, 0.05) is 7.05 Å². The number of carboxylic acid groups (broad SMARTS) is 1. The van der Waals surface area contributed by atoms with E-state index in [0.717, 1.165) is 4.90 Å². The Morgan fingerprint density at radius 3 is 2.00 bits per heavy atom. The number of hydrogen-bond donors (Lipinski definition) is 3. The second kappa shape index (κ2) is 7.26. The van der Waals surface area contributed by atoms with Crippen molar-refractivity contribution in [3.63, 3.8) is 0 Å². The van der Waals surface area contributed by atoms with Gasteiger partial charge in [0.05, 0.1) is 6.10 Å². The molecule has 21 heavy (non-hydrogen) atoms. The van der Waals surface area contributed by atoms with Crippen LogP contribution < -0.4 is 5.32 Å². The summed E-state index contributed by atoms with van der Waals surface area (Å²) >= 11 is 0. The Hall–Kier alpha value is -1.83. The highest BCUT2D eigenvalue weighted by Crippen LogP contribution is 2.11. The van der Waals surface area contributed by atoms with E-state index in [2.05, 4.69) is 5.32 Å². The van der Waals surface area contributed by atoms with Crippen LogP contribution in [0.1, 0.15) is 34.6 Å². The van der Waals surface area contributed by atoms with Gasteiger partial charge in [-0.05, 0) is 34.6 Å². The van der Waals surface area contributed by atoms with Gasteiger partial charge in [-0.25, -0.2) is 9.59 Å². The Morgan fingerprint density at radius 1 is 1.19 bits per heavy atom. The van der Waals surface area contributed by atoms with Gasteiger partial charge >= 0.3 is 12.1 Å². The second-order valence-electron chi connectivity index (χ2n) is 5.83. The first-order valence-electron chi connectivity index (χ1n) is 6.54. The van der Waals surface area contributed by atoms with Crippen molar-refractivity contribution in [3.8, 4) is 0 Å². The summed E-state index contributed by atoms with van der Waals surface area (Å²) in [5.74, 6) is -2.05. The number of carbonyl (C=O) groups excluding carboxylic acids is 2. The third-order valence-electron chi connectivity index (χ3n) is 2.69. The fourth-order valence-corrected chi connectivity index (χ4v) is 1.33. The van der Waals surface area contributed by atoms with Crippen LogP contribution in [0, 0.1) is 0 Å². The molecule has 0 spiro atoms. The van der Waals surface area contributed by atoms with Gasteiger partial charge in [0.1, 0.15) is 11.6 Å². The molecule has 3 unspecified atom stereocenters. The highest BCUT2D eigenvalue weighted by molar-refractivity contribution is 5.89. The number of ether oxygens (including phenoxy) is 1. The predicted octanol–water partition coefficient (Wildman–Crippen LogP) is 0.192. The number of rotatable bonds is 5. The van der Waals surface area contributed by atoms with Gasteiger partial charge in [0.15, 0.2) is 6.04 Å². The Morgan fingerprint density at radius 2 is 1.67 bits per heavy atom. The van der Waals surface area contributed by atoms with Gasteiger partial charge in [0.2, 0.25) is 5.91 Å². The molecule has 3 N–H and O–H groups in total. The average molecular weight is 304 g/mol. The molecule has 0 fully saturated rings. The highest BCUT2D eigenvalue weighted by Gasteiger charge is 2.31. The molecule has 8 nitrogen and oxygen atoms in total. The Bertz CT molecular complexity index is 402. The van der Waals surface area contributed by atoms with Crippen molar-refractivity contribution in [2.45, 2.75) is 58.4 Å². The predicted molar refractivity (Wildman–Crippen MR) is 74.7 cm³/mol. The molecule has 122 valence electrons. The van der Waals surface area contributed by atoms with Crippen LogP contribution in [0.15, 0.2) is 0 Å². The monoisotopic (exact) mass is 304 g/mol. The zero-order chi connectivity index (χ0) is 17.0. The van der Waals surface area contributed by atoms with Crippen LogP contribution in [0.2, 0.25) is 0 Å². The molecule has 0 aromatic carbocycles. The summed E-state index contributed by atoms with van der Waals surface area (Å²) in [7, 11) is 1.37. The van der Waals surface area contributed by atoms with E-state index in [0.29, 0.717) is 0 Å². The minimum Gasteiger partial charge on any atom is -0.480 e. The molecule has 0 aliphatic heterocycles. The summed E-state index contributed by atoms with van der Waals surface area (Å²) in [6, 6.07) is -2.38. The van der Waals surface area contributed by atoms with Gasteiger partial charge in [-0.3, -0.25) is 9.69 Å². The topological polar surface area (TPSA) is 116 Å². The number of carboxylic acids is 1. The summed E-state index contributed by atoms with van der Waals surface area (Å²) in [6.07, 6.45) is -1.96. The van der Waals surface area contributed by atoms with Crippen LogP contribution in [-0.4, -0.2) is 63.9 Å². The highest BCUT2D eigenvalue weighted by atomic mass is 16.6. The first kappa shape index (κ1) is 19.2. The van der Waals surface area contributed by atoms with Gasteiger partial charge in [-0.15, -0.1) is 0 Å². The smallest absolute Gasteiger partial charge is 0.410 e. The van der Waals surface area contributed by atoms with Crippen LogP contribution in [0.3, 0.4) is 0 Å². The number of carbonyl (C=O) groups is 3. The lowest BCUT2D eigenvalue weighted by molar-refractivity contribution is -0.145. The molecular weight excluding hydrogens is 280 g/mol. The maximum absolute atomic E-state index is 11.9. The number of aliphatic hydroxyl groups excluding tert-OH is 1. The van der Waals surface area contributed by atoms with E-state index in [9.17, 15) is 19.5 Å². The number of aliphatic hydroxyl groups is 1. The molecule has 0 saturated heterocycles. The first-order valence-corrected chi connectivity index (χ1v) is 6.54. The molecule has 0 bridgehead atoms. The van der Waals surface area contributed by atoms with E-state index >= 15 is 0 Å². The normalized spacial score (nSPS) is 15.6. The summed E-state index contributed by atoms with van der Waals surface area (Å²) in [5, 5.41) is 20.4. The van der Waals surface area contributed by atoms with Gasteiger partial charge in [-0.2, -0.15) is 0 Å². The summed E-state index contributed by atoms with van der Waals surface area (Å²) < 4.78 is 5.11. The van der Waals surface area contributed by atoms with E-state index in [1.807, 2.05) is 0 Å². The lowest BCUT2D eigenvalue weighted by Gasteiger charge is -2.29. The largest absolute Gasteiger partial charge is 0.480 e. The van der Waals surface area contributed by atoms with Crippen LogP contribution >= 0.6 is 0 Å². The molecule has 0 aliphatic rings. The van der Waals surface area contributed by atoms with Gasteiger partial charge < -0.3 is 20.3 Å². The summed E-state index contributed by atoms with van der Waals surface area (Å²) in [6.45, 7) is 7.76. The second-order valence-corrected chi connectivity index (χ2v) is 5.83. The molecule has 0 aromatic heterocycles. The maximum Gasteiger partial charge on any atom is 0.410 e. The van der Waals surface area contributed by atoms with Crippen LogP contribution in [-0.2, 0) is 14.3 Å². The lowest BCUT2D eigenvalue weighted by Crippen LogP contribution is -2.54. The van der Waals surface area contributed by atoms with Crippen molar-refractivity contribution in [1.82, 2.24) is 10.2 Å². The zero-order valence-corrected chi connectivity index (χ0v) is 13.2. The minimum absolute atomic E-state index is 0.698. The lowest BCUT2D eigenvalue weighted by atomic mass is 10.1. The van der Waals surface area contributed by atoms with E-state index in [4.69, 9.17) is 9.84 Å². The van der Waals surface area contributed by atoms with E-state index in [1.165, 1.54) is 20.9 Å². The van der Waals surface area contributed by atoms with Gasteiger partial charge in [-0.1, -0.05) is 0 Å². The van der Waals surface area contributed by atoms with Crippen molar-refractivity contribution in [2.75, 3.05) is 7.05 Å². The SMILES string of the molecule is CC(O)C(NC(=O)C(C)N(C)C(=O)OC(C)(C)C)C(=O)O. The van der Waals surface area contributed by atoms with E-state index in [-0.39, 0.29) is 0 Å². The Labute approximate surface area is 124 Å². The molecule has 0 heterocycles. The average Bonchev–Trinajstić information content (AvgIpc) is 2.30. The number of aliphatic carboxylic acids is 1. The number of likely N-dealkylation sites (N-methyl/N-ethyl adjacent to an activating group) is 1.